The monoisotopic (exact) mass is 580 g/mol. The van der Waals surface area contributed by atoms with Gasteiger partial charge in [-0.15, -0.1) is 0 Å². The highest BCUT2D eigenvalue weighted by molar-refractivity contribution is 7.90. The van der Waals surface area contributed by atoms with Gasteiger partial charge in [-0.2, -0.15) is 0 Å². The molecule has 1 fully saturated rings. The van der Waals surface area contributed by atoms with Crippen LogP contribution in [0, 0.1) is 0 Å². The second kappa shape index (κ2) is 11.3. The molecule has 1 aliphatic rings. The van der Waals surface area contributed by atoms with E-state index in [1.807, 2.05) is 38.5 Å². The second-order valence-electron chi connectivity index (χ2n) is 10.6. The Morgan fingerprint density at radius 3 is 2.19 bits per heavy atom. The van der Waals surface area contributed by atoms with E-state index in [1.165, 1.54) is 10.2 Å². The molecule has 0 atom stereocenters. The maximum atomic E-state index is 13.6. The largest absolute Gasteiger partial charge is 0.474 e. The van der Waals surface area contributed by atoms with E-state index >= 15 is 0 Å². The molecule has 2 aromatic heterocycles. The Morgan fingerprint density at radius 2 is 1.52 bits per heavy atom. The van der Waals surface area contributed by atoms with Crippen LogP contribution in [0.3, 0.4) is 0 Å². The number of amides is 1. The number of rotatable bonds is 7. The minimum atomic E-state index is -3.86. The number of pyridine rings is 1. The van der Waals surface area contributed by atoms with E-state index in [0.29, 0.717) is 48.3 Å². The van der Waals surface area contributed by atoms with Gasteiger partial charge in [0.25, 0.3) is 15.9 Å². The van der Waals surface area contributed by atoms with Gasteiger partial charge in [0.2, 0.25) is 5.88 Å². The lowest BCUT2D eigenvalue weighted by Gasteiger charge is -2.31. The van der Waals surface area contributed by atoms with Gasteiger partial charge in [0, 0.05) is 75.1 Å². The number of anilines is 1. The van der Waals surface area contributed by atoms with Gasteiger partial charge >= 0.3 is 0 Å². The predicted octanol–water partition coefficient (Wildman–Crippen LogP) is 5.69. The number of hydrogen-bond donors (Lipinski definition) is 0. The van der Waals surface area contributed by atoms with Crippen molar-refractivity contribution in [1.29, 1.82) is 0 Å². The average Bonchev–Trinajstić information content (AvgIpc) is 3.43. The lowest BCUT2D eigenvalue weighted by Crippen LogP contribution is -2.41. The summed E-state index contributed by atoms with van der Waals surface area (Å²) in [5, 5.41) is 0.612. The van der Waals surface area contributed by atoms with Crippen LogP contribution in [0.15, 0.2) is 108 Å². The maximum Gasteiger partial charge on any atom is 0.268 e. The first-order valence-electron chi connectivity index (χ1n) is 13.9. The number of piperidine rings is 1. The molecular formula is C33H32N4O4S. The van der Waals surface area contributed by atoms with Crippen LogP contribution in [0.1, 0.15) is 23.2 Å². The number of likely N-dealkylation sites (tertiary alicyclic amines) is 1. The summed E-state index contributed by atoms with van der Waals surface area (Å²) in [6, 6.07) is 27.6. The van der Waals surface area contributed by atoms with Gasteiger partial charge in [0.05, 0.1) is 16.0 Å². The number of carbonyl (C=O) groups excluding carboxylic acids is 1. The molecule has 42 heavy (non-hydrogen) atoms. The van der Waals surface area contributed by atoms with E-state index in [0.717, 1.165) is 16.8 Å². The third-order valence-corrected chi connectivity index (χ3v) is 9.37. The van der Waals surface area contributed by atoms with Crippen molar-refractivity contribution in [1.82, 2.24) is 13.9 Å². The van der Waals surface area contributed by atoms with Crippen LogP contribution < -0.4 is 9.64 Å². The molecule has 3 aromatic carbocycles. The lowest BCUT2D eigenvalue weighted by atomic mass is 10.1. The lowest BCUT2D eigenvalue weighted by molar-refractivity contribution is 0.0589. The molecule has 1 saturated heterocycles. The summed E-state index contributed by atoms with van der Waals surface area (Å²) in [6.07, 6.45) is 4.52. The fourth-order valence-corrected chi connectivity index (χ4v) is 6.71. The van der Waals surface area contributed by atoms with Gasteiger partial charge in [-0.1, -0.05) is 48.5 Å². The molecule has 1 aliphatic heterocycles. The SMILES string of the molecule is CN(C)c1ccc(-c2ccc(OC3CCN(C(=O)c4cn(S(=O)(=O)c5ccccc5)c5ccccc45)CC3)nc2)cc1. The molecular weight excluding hydrogens is 548 g/mol. The van der Waals surface area contributed by atoms with Gasteiger partial charge in [0.15, 0.2) is 0 Å². The smallest absolute Gasteiger partial charge is 0.268 e. The number of nitrogens with zero attached hydrogens (tertiary/aromatic N) is 4. The zero-order chi connectivity index (χ0) is 29.3. The van der Waals surface area contributed by atoms with E-state index < -0.39 is 10.0 Å². The molecule has 1 amide bonds. The average molecular weight is 581 g/mol. The van der Waals surface area contributed by atoms with Crippen molar-refractivity contribution in [2.45, 2.75) is 23.8 Å². The Labute approximate surface area is 245 Å². The minimum absolute atomic E-state index is 0.0634. The number of aromatic nitrogens is 2. The first-order chi connectivity index (χ1) is 20.3. The van der Waals surface area contributed by atoms with Gasteiger partial charge in [-0.25, -0.2) is 17.4 Å². The Bertz CT molecular complexity index is 1810. The van der Waals surface area contributed by atoms with Crippen LogP contribution in [-0.2, 0) is 10.0 Å². The zero-order valence-corrected chi connectivity index (χ0v) is 24.4. The van der Waals surface area contributed by atoms with E-state index in [1.54, 1.807) is 53.4 Å². The molecule has 0 N–H and O–H groups in total. The van der Waals surface area contributed by atoms with E-state index in [2.05, 4.69) is 34.1 Å². The topological polar surface area (TPSA) is 84.7 Å². The first-order valence-corrected chi connectivity index (χ1v) is 15.4. The number of carbonyl (C=O) groups is 1. The third kappa shape index (κ3) is 5.35. The molecule has 6 rings (SSSR count). The number of para-hydroxylation sites is 1. The fourth-order valence-electron chi connectivity index (χ4n) is 5.32. The highest BCUT2D eigenvalue weighted by Crippen LogP contribution is 2.29. The van der Waals surface area contributed by atoms with Crippen molar-refractivity contribution in [3.63, 3.8) is 0 Å². The van der Waals surface area contributed by atoms with E-state index in [9.17, 15) is 13.2 Å². The van der Waals surface area contributed by atoms with Crippen LogP contribution in [0.5, 0.6) is 5.88 Å². The van der Waals surface area contributed by atoms with E-state index in [-0.39, 0.29) is 16.9 Å². The molecule has 0 unspecified atom stereocenters. The van der Waals surface area contributed by atoms with Gasteiger partial charge in [-0.3, -0.25) is 4.79 Å². The summed E-state index contributed by atoms with van der Waals surface area (Å²) >= 11 is 0. The Hall–Kier alpha value is -4.63. The summed E-state index contributed by atoms with van der Waals surface area (Å²) in [6.45, 7) is 1.01. The van der Waals surface area contributed by atoms with Crippen LogP contribution >= 0.6 is 0 Å². The standard InChI is InChI=1S/C33H32N4O4S/c1-35(2)26-15-12-24(13-16-26)25-14-17-32(34-22-25)41-27-18-20-36(21-19-27)33(38)30-23-37(31-11-7-6-10-29(30)31)42(39,40)28-8-4-3-5-9-28/h3-17,22-23,27H,18-21H2,1-2H3. The number of ether oxygens (including phenoxy) is 1. The van der Waals surface area contributed by atoms with E-state index in [4.69, 9.17) is 4.74 Å². The van der Waals surface area contributed by atoms with Crippen molar-refractivity contribution < 1.29 is 17.9 Å². The summed E-state index contributed by atoms with van der Waals surface area (Å²) < 4.78 is 34.2. The van der Waals surface area contributed by atoms with Crippen LogP contribution in [0.4, 0.5) is 5.69 Å². The zero-order valence-electron chi connectivity index (χ0n) is 23.6. The molecule has 8 nitrogen and oxygen atoms in total. The first kappa shape index (κ1) is 27.5. The van der Waals surface area contributed by atoms with Crippen molar-refractivity contribution in [3.05, 3.63) is 109 Å². The van der Waals surface area contributed by atoms with Crippen LogP contribution in [-0.4, -0.2) is 61.5 Å². The molecule has 3 heterocycles. The van der Waals surface area contributed by atoms with Crippen molar-refractivity contribution in [2.75, 3.05) is 32.1 Å². The Kier molecular flexibility index (Phi) is 7.43. The van der Waals surface area contributed by atoms with Gasteiger partial charge < -0.3 is 14.5 Å². The molecule has 9 heteroatoms. The number of fused-ring (bicyclic) bond motifs is 1. The highest BCUT2D eigenvalue weighted by Gasteiger charge is 2.29. The molecule has 0 saturated carbocycles. The molecule has 0 spiro atoms. The van der Waals surface area contributed by atoms with Crippen molar-refractivity contribution in [2.24, 2.45) is 0 Å². The number of hydrogen-bond acceptors (Lipinski definition) is 6. The van der Waals surface area contributed by atoms with Crippen molar-refractivity contribution >= 4 is 32.5 Å². The van der Waals surface area contributed by atoms with Gasteiger partial charge in [0.1, 0.15) is 6.10 Å². The molecule has 0 bridgehead atoms. The third-order valence-electron chi connectivity index (χ3n) is 7.68. The molecule has 214 valence electrons. The van der Waals surface area contributed by atoms with Gasteiger partial charge in [-0.05, 0) is 42.0 Å². The quantitative estimate of drug-likeness (QED) is 0.246. The summed E-state index contributed by atoms with van der Waals surface area (Å²) in [5.41, 5.74) is 4.09. The fraction of sp³-hybridized carbons (Fsp3) is 0.212. The van der Waals surface area contributed by atoms with Crippen LogP contribution in [0.2, 0.25) is 0 Å². The summed E-state index contributed by atoms with van der Waals surface area (Å²) in [4.78, 5) is 22.2. The second-order valence-corrected chi connectivity index (χ2v) is 12.4. The maximum absolute atomic E-state index is 13.6. The molecule has 0 radical (unpaired) electrons. The van der Waals surface area contributed by atoms with Crippen LogP contribution in [0.25, 0.3) is 22.0 Å². The number of benzene rings is 3. The minimum Gasteiger partial charge on any atom is -0.474 e. The molecule has 5 aromatic rings. The normalized spacial score (nSPS) is 14.2. The molecule has 0 aliphatic carbocycles. The Morgan fingerprint density at radius 1 is 0.857 bits per heavy atom. The summed E-state index contributed by atoms with van der Waals surface area (Å²) in [5.74, 6) is 0.372. The van der Waals surface area contributed by atoms with Crippen molar-refractivity contribution in [3.8, 4) is 17.0 Å². The highest BCUT2D eigenvalue weighted by atomic mass is 32.2. The Balaban J connectivity index is 1.13. The predicted molar refractivity (Wildman–Crippen MR) is 165 cm³/mol. The summed E-state index contributed by atoms with van der Waals surface area (Å²) in [7, 11) is 0.169.